The number of amides is 1. The minimum absolute atomic E-state index is 0.0269. The molecule has 6 atom stereocenters. The van der Waals surface area contributed by atoms with Crippen molar-refractivity contribution < 1.29 is 55.2 Å². The third-order valence-electron chi connectivity index (χ3n) is 9.57. The van der Waals surface area contributed by atoms with Crippen LogP contribution in [0.3, 0.4) is 0 Å². The first-order valence-corrected chi connectivity index (χ1v) is 14.4. The van der Waals surface area contributed by atoms with Crippen LogP contribution in [0.4, 0.5) is 0 Å². The number of rotatable bonds is 7. The van der Waals surface area contributed by atoms with Crippen molar-refractivity contribution in [1.82, 2.24) is 20.5 Å². The molecule has 0 bridgehead atoms. The normalized spacial score (nSPS) is 31.3. The maximum atomic E-state index is 14.0. The standard InChI is InChI=1S/C29H38N4O11/c1-13-15-5-4-6-16(34)18(15)23(35)19-17(13)24(36)21-22(31(2)3)25(37)20(27(39)29(21,41)26(19)38)28(40)30-12-32-9-7-14(8-10-32)11-44-33(42)43/h4-6,13-14,17,21-22,24,34,36-38,41-43H,7-12H2,1-3H3,(H,30,40)/t13-,17+,21+,22-,24-,29-/m0/s1. The lowest BCUT2D eigenvalue weighted by atomic mass is 9.55. The summed E-state index contributed by atoms with van der Waals surface area (Å²) in [6, 6.07) is 3.14. The largest absolute Gasteiger partial charge is 0.510 e. The van der Waals surface area contributed by atoms with Crippen molar-refractivity contribution in [2.45, 2.75) is 43.4 Å². The van der Waals surface area contributed by atoms with Crippen molar-refractivity contribution in [3.05, 3.63) is 52.0 Å². The van der Waals surface area contributed by atoms with Gasteiger partial charge in [-0.25, -0.2) is 0 Å². The number of hydrogen-bond acceptors (Lipinski definition) is 14. The minimum Gasteiger partial charge on any atom is -0.510 e. The molecule has 0 spiro atoms. The van der Waals surface area contributed by atoms with Gasteiger partial charge in [-0.1, -0.05) is 19.1 Å². The Kier molecular flexibility index (Phi) is 8.60. The number of nitrogens with zero attached hydrogens (tertiary/aromatic N) is 3. The maximum Gasteiger partial charge on any atom is 0.259 e. The highest BCUT2D eigenvalue weighted by Crippen LogP contribution is 2.55. The Balaban J connectivity index is 1.46. The molecule has 0 aromatic heterocycles. The predicted octanol–water partition coefficient (Wildman–Crippen LogP) is -0.0352. The van der Waals surface area contributed by atoms with Crippen LogP contribution in [-0.2, 0) is 14.4 Å². The summed E-state index contributed by atoms with van der Waals surface area (Å²) in [7, 11) is 3.03. The number of aliphatic hydroxyl groups excluding tert-OH is 3. The Bertz CT molecular complexity index is 1420. The van der Waals surface area contributed by atoms with Crippen molar-refractivity contribution in [1.29, 1.82) is 0 Å². The molecule has 3 aliphatic carbocycles. The Hall–Kier alpha value is -3.41. The number of ketones is 2. The summed E-state index contributed by atoms with van der Waals surface area (Å²) in [5.74, 6) is -8.56. The van der Waals surface area contributed by atoms with Crippen LogP contribution in [0, 0.1) is 17.8 Å². The van der Waals surface area contributed by atoms with E-state index in [0.29, 0.717) is 31.5 Å². The lowest BCUT2D eigenvalue weighted by Gasteiger charge is -2.53. The van der Waals surface area contributed by atoms with Gasteiger partial charge < -0.3 is 30.8 Å². The summed E-state index contributed by atoms with van der Waals surface area (Å²) < 4.78 is 0. The third-order valence-corrected chi connectivity index (χ3v) is 9.57. The molecule has 44 heavy (non-hydrogen) atoms. The number of Topliss-reactive ketones (excluding diaryl/α,β-unsaturated/α-hetero) is 2. The van der Waals surface area contributed by atoms with E-state index in [0.717, 1.165) is 0 Å². The number of benzene rings is 1. The van der Waals surface area contributed by atoms with Gasteiger partial charge in [0.15, 0.2) is 11.4 Å². The van der Waals surface area contributed by atoms with Crippen LogP contribution in [0.25, 0.3) is 0 Å². The first kappa shape index (κ1) is 32.0. The molecular formula is C29H38N4O11. The number of likely N-dealkylation sites (N-methyl/N-ethyl adjacent to an activating group) is 1. The highest BCUT2D eigenvalue weighted by atomic mass is 17.1. The fourth-order valence-corrected chi connectivity index (χ4v) is 7.32. The first-order valence-electron chi connectivity index (χ1n) is 14.4. The van der Waals surface area contributed by atoms with Crippen LogP contribution in [0.1, 0.15) is 41.6 Å². The second kappa shape index (κ2) is 11.8. The number of likely N-dealkylation sites (tertiary alicyclic amines) is 1. The average molecular weight is 619 g/mol. The molecule has 8 N–H and O–H groups in total. The van der Waals surface area contributed by atoms with Crippen LogP contribution in [0.5, 0.6) is 5.75 Å². The van der Waals surface area contributed by atoms with E-state index in [1.54, 1.807) is 19.1 Å². The number of aromatic hydroxyl groups is 1. The van der Waals surface area contributed by atoms with Crippen molar-refractivity contribution in [3.8, 4) is 5.75 Å². The topological polar surface area (TPSA) is 224 Å². The minimum atomic E-state index is -2.94. The predicted molar refractivity (Wildman–Crippen MR) is 149 cm³/mol. The lowest BCUT2D eigenvalue weighted by molar-refractivity contribution is -0.494. The molecule has 0 saturated carbocycles. The number of piperidine rings is 1. The molecular weight excluding hydrogens is 580 g/mol. The molecule has 15 heteroatoms. The van der Waals surface area contributed by atoms with Crippen LogP contribution < -0.4 is 5.32 Å². The molecule has 4 aliphatic rings. The quantitative estimate of drug-likeness (QED) is 0.148. The van der Waals surface area contributed by atoms with E-state index in [1.165, 1.54) is 25.1 Å². The van der Waals surface area contributed by atoms with E-state index in [1.807, 2.05) is 4.90 Å². The van der Waals surface area contributed by atoms with Crippen LogP contribution in [0.2, 0.25) is 0 Å². The average Bonchev–Trinajstić information content (AvgIpc) is 2.97. The van der Waals surface area contributed by atoms with Gasteiger partial charge in [0.1, 0.15) is 22.8 Å². The van der Waals surface area contributed by atoms with E-state index in [4.69, 9.17) is 10.4 Å². The molecule has 1 aromatic rings. The number of phenolic OH excluding ortho intramolecular Hbond substituents is 1. The molecule has 1 aromatic carbocycles. The number of aliphatic hydroxyl groups is 4. The summed E-state index contributed by atoms with van der Waals surface area (Å²) in [5, 5.41) is 76.8. The molecule has 240 valence electrons. The Labute approximate surface area is 252 Å². The monoisotopic (exact) mass is 618 g/mol. The van der Waals surface area contributed by atoms with Gasteiger partial charge in [0.05, 0.1) is 42.3 Å². The van der Waals surface area contributed by atoms with Crippen molar-refractivity contribution >= 4 is 17.5 Å². The third kappa shape index (κ3) is 4.98. The van der Waals surface area contributed by atoms with E-state index >= 15 is 0 Å². The fourth-order valence-electron chi connectivity index (χ4n) is 7.32. The second-order valence-electron chi connectivity index (χ2n) is 12.2. The highest BCUT2D eigenvalue weighted by Gasteiger charge is 2.67. The zero-order valence-corrected chi connectivity index (χ0v) is 24.5. The second-order valence-corrected chi connectivity index (χ2v) is 12.2. The van der Waals surface area contributed by atoms with Crippen molar-refractivity contribution in [2.24, 2.45) is 17.8 Å². The van der Waals surface area contributed by atoms with E-state index < -0.39 is 75.6 Å². The molecule has 5 rings (SSSR count). The smallest absolute Gasteiger partial charge is 0.259 e. The summed E-state index contributed by atoms with van der Waals surface area (Å²) in [4.78, 5) is 49.0. The molecule has 1 aliphatic heterocycles. The van der Waals surface area contributed by atoms with Gasteiger partial charge in [-0.15, -0.1) is 0 Å². The molecule has 15 nitrogen and oxygen atoms in total. The van der Waals surface area contributed by atoms with Crippen LogP contribution in [-0.4, -0.2) is 127 Å². The van der Waals surface area contributed by atoms with Gasteiger partial charge in [0, 0.05) is 24.6 Å². The molecule has 1 fully saturated rings. The summed E-state index contributed by atoms with van der Waals surface area (Å²) in [6.07, 6.45) is -0.393. The number of carbonyl (C=O) groups excluding carboxylic acids is 3. The first-order chi connectivity index (χ1) is 20.7. The summed E-state index contributed by atoms with van der Waals surface area (Å²) >= 11 is 0. The number of nitrogens with one attached hydrogen (secondary N) is 1. The van der Waals surface area contributed by atoms with Crippen LogP contribution >= 0.6 is 0 Å². The molecule has 1 saturated heterocycles. The zero-order chi connectivity index (χ0) is 32.2. The van der Waals surface area contributed by atoms with Gasteiger partial charge in [-0.2, -0.15) is 0 Å². The number of phenols is 1. The maximum absolute atomic E-state index is 14.0. The fraction of sp³-hybridized carbons (Fsp3) is 0.552. The molecule has 1 amide bonds. The number of hydrogen-bond donors (Lipinski definition) is 8. The van der Waals surface area contributed by atoms with Gasteiger partial charge in [0.2, 0.25) is 5.78 Å². The summed E-state index contributed by atoms with van der Waals surface area (Å²) in [6.45, 7) is 2.76. The Morgan fingerprint density at radius 2 is 1.80 bits per heavy atom. The Morgan fingerprint density at radius 1 is 1.14 bits per heavy atom. The highest BCUT2D eigenvalue weighted by molar-refractivity contribution is 6.25. The molecule has 0 unspecified atom stereocenters. The lowest BCUT2D eigenvalue weighted by Crippen LogP contribution is -2.68. The van der Waals surface area contributed by atoms with Gasteiger partial charge in [0.25, 0.3) is 5.91 Å². The Morgan fingerprint density at radius 3 is 2.41 bits per heavy atom. The molecule has 0 radical (unpaired) electrons. The summed E-state index contributed by atoms with van der Waals surface area (Å²) in [5.41, 5.74) is -3.88. The number of carbonyl (C=O) groups is 3. The van der Waals surface area contributed by atoms with Crippen molar-refractivity contribution in [2.75, 3.05) is 40.5 Å². The van der Waals surface area contributed by atoms with E-state index in [2.05, 4.69) is 10.2 Å². The molecule has 1 heterocycles. The van der Waals surface area contributed by atoms with E-state index in [9.17, 15) is 39.9 Å². The zero-order valence-electron chi connectivity index (χ0n) is 24.5. The van der Waals surface area contributed by atoms with Crippen molar-refractivity contribution in [3.63, 3.8) is 0 Å². The van der Waals surface area contributed by atoms with Gasteiger partial charge >= 0.3 is 0 Å². The van der Waals surface area contributed by atoms with Crippen LogP contribution in [0.15, 0.2) is 40.9 Å². The van der Waals surface area contributed by atoms with E-state index in [-0.39, 0.29) is 35.9 Å². The van der Waals surface area contributed by atoms with Gasteiger partial charge in [-0.3, -0.25) is 39.4 Å². The SMILES string of the molecule is C[C@H]1c2cccc(O)c2C(=O)C2=C(O)[C@]3(O)C(=O)C(C(=O)NCN4CCC(CON(O)O)CC4)=C(O)[C@@H](N(C)C)[C@@H]3[C@@H](O)[C@@H]21. The number of fused-ring (bicyclic) bond motifs is 3. The van der Waals surface area contributed by atoms with Gasteiger partial charge in [-0.05, 0) is 50.4 Å².